The van der Waals surface area contributed by atoms with E-state index in [9.17, 15) is 4.79 Å². The van der Waals surface area contributed by atoms with E-state index in [1.165, 1.54) is 38.5 Å². The van der Waals surface area contributed by atoms with Crippen molar-refractivity contribution < 1.29 is 9.90 Å². The van der Waals surface area contributed by atoms with E-state index in [0.29, 0.717) is 6.54 Å². The van der Waals surface area contributed by atoms with Gasteiger partial charge in [0.15, 0.2) is 0 Å². The van der Waals surface area contributed by atoms with Crippen molar-refractivity contribution in [3.05, 3.63) is 0 Å². The third-order valence-corrected chi connectivity index (χ3v) is 4.88. The predicted molar refractivity (Wildman–Crippen MR) is 58.5 cm³/mol. The van der Waals surface area contributed by atoms with E-state index in [1.54, 1.807) is 0 Å². The maximum atomic E-state index is 11.0. The topological polar surface area (TPSA) is 63.3 Å². The van der Waals surface area contributed by atoms with Crippen molar-refractivity contribution in [3.63, 3.8) is 0 Å². The molecule has 3 heteroatoms. The number of carbonyl (C=O) groups is 1. The highest BCUT2D eigenvalue weighted by Crippen LogP contribution is 2.62. The zero-order chi connectivity index (χ0) is 10.9. The lowest BCUT2D eigenvalue weighted by Crippen LogP contribution is -2.43. The second kappa shape index (κ2) is 3.78. The van der Waals surface area contributed by atoms with E-state index in [1.807, 2.05) is 0 Å². The number of carboxylic acids is 1. The van der Waals surface area contributed by atoms with Crippen LogP contribution in [0.15, 0.2) is 0 Å². The number of nitrogens with two attached hydrogens (primary N) is 1. The van der Waals surface area contributed by atoms with Gasteiger partial charge in [-0.2, -0.15) is 0 Å². The second-order valence-corrected chi connectivity index (χ2v) is 5.40. The van der Waals surface area contributed by atoms with E-state index < -0.39 is 5.97 Å². The fourth-order valence-corrected chi connectivity index (χ4v) is 4.08. The van der Waals surface area contributed by atoms with Gasteiger partial charge < -0.3 is 10.8 Å². The molecule has 0 radical (unpaired) electrons. The lowest BCUT2D eigenvalue weighted by Gasteiger charge is -2.42. The van der Waals surface area contributed by atoms with Crippen LogP contribution in [0.2, 0.25) is 0 Å². The maximum Gasteiger partial charge on any atom is 0.303 e. The Kier molecular flexibility index (Phi) is 2.75. The molecule has 1 spiro atoms. The summed E-state index contributed by atoms with van der Waals surface area (Å²) in [6, 6.07) is 0. The van der Waals surface area contributed by atoms with Gasteiger partial charge in [-0.25, -0.2) is 0 Å². The summed E-state index contributed by atoms with van der Waals surface area (Å²) in [5, 5.41) is 9.06. The summed E-state index contributed by atoms with van der Waals surface area (Å²) in [5.41, 5.74) is 6.10. The van der Waals surface area contributed by atoms with Crippen LogP contribution >= 0.6 is 0 Å². The Morgan fingerprint density at radius 1 is 1.13 bits per heavy atom. The summed E-state index contributed by atoms with van der Waals surface area (Å²) in [4.78, 5) is 11.0. The van der Waals surface area contributed by atoms with Crippen molar-refractivity contribution >= 4 is 5.97 Å². The van der Waals surface area contributed by atoms with Gasteiger partial charge in [-0.05, 0) is 43.1 Å². The van der Waals surface area contributed by atoms with Crippen LogP contribution in [0.5, 0.6) is 0 Å². The summed E-state index contributed by atoms with van der Waals surface area (Å²) in [7, 11) is 0. The number of carboxylic acid groups (broad SMARTS) is 1. The SMILES string of the molecule is NCC1(CC(=O)O)CCCC12CCCC2. The van der Waals surface area contributed by atoms with Gasteiger partial charge in [0.05, 0.1) is 6.42 Å². The highest BCUT2D eigenvalue weighted by atomic mass is 16.4. The lowest BCUT2D eigenvalue weighted by molar-refractivity contribution is -0.141. The summed E-state index contributed by atoms with van der Waals surface area (Å²) in [5.74, 6) is -0.673. The Labute approximate surface area is 91.0 Å². The van der Waals surface area contributed by atoms with Crippen molar-refractivity contribution in [1.29, 1.82) is 0 Å². The van der Waals surface area contributed by atoms with Crippen LogP contribution in [0.1, 0.15) is 51.4 Å². The van der Waals surface area contributed by atoms with E-state index in [-0.39, 0.29) is 17.3 Å². The molecule has 0 aromatic carbocycles. The first-order valence-electron chi connectivity index (χ1n) is 6.06. The minimum Gasteiger partial charge on any atom is -0.481 e. The summed E-state index contributed by atoms with van der Waals surface area (Å²) in [6.07, 6.45) is 8.62. The van der Waals surface area contributed by atoms with Gasteiger partial charge in [-0.15, -0.1) is 0 Å². The molecule has 86 valence electrons. The maximum absolute atomic E-state index is 11.0. The van der Waals surface area contributed by atoms with Crippen molar-refractivity contribution in [3.8, 4) is 0 Å². The van der Waals surface area contributed by atoms with Crippen molar-refractivity contribution in [2.24, 2.45) is 16.6 Å². The Balaban J connectivity index is 2.25. The molecular weight excluding hydrogens is 190 g/mol. The zero-order valence-corrected chi connectivity index (χ0v) is 9.30. The number of aliphatic carboxylic acids is 1. The molecule has 2 aliphatic carbocycles. The molecule has 2 rings (SSSR count). The van der Waals surface area contributed by atoms with Crippen LogP contribution in [0.25, 0.3) is 0 Å². The van der Waals surface area contributed by atoms with E-state index in [2.05, 4.69) is 0 Å². The first kappa shape index (κ1) is 10.9. The molecule has 3 nitrogen and oxygen atoms in total. The fourth-order valence-electron chi connectivity index (χ4n) is 4.08. The Morgan fingerprint density at radius 3 is 2.27 bits per heavy atom. The minimum absolute atomic E-state index is 0.0880. The molecule has 0 aromatic rings. The molecule has 2 saturated carbocycles. The number of rotatable bonds is 3. The van der Waals surface area contributed by atoms with Gasteiger partial charge in [0.2, 0.25) is 0 Å². The van der Waals surface area contributed by atoms with Crippen molar-refractivity contribution in [1.82, 2.24) is 0 Å². The molecule has 1 atom stereocenters. The van der Waals surface area contributed by atoms with E-state index in [4.69, 9.17) is 10.8 Å². The van der Waals surface area contributed by atoms with Crippen LogP contribution in [-0.4, -0.2) is 17.6 Å². The fraction of sp³-hybridized carbons (Fsp3) is 0.917. The standard InChI is InChI=1S/C12H21NO2/c13-9-12(8-10(14)15)7-3-6-11(12)4-1-2-5-11/h1-9,13H2,(H,14,15). The molecule has 2 fully saturated rings. The van der Waals surface area contributed by atoms with Gasteiger partial charge in [-0.3, -0.25) is 4.79 Å². The molecule has 0 aliphatic heterocycles. The highest BCUT2D eigenvalue weighted by molar-refractivity contribution is 5.68. The number of hydrogen-bond acceptors (Lipinski definition) is 2. The Bertz CT molecular complexity index is 253. The largest absolute Gasteiger partial charge is 0.481 e. The second-order valence-electron chi connectivity index (χ2n) is 5.40. The van der Waals surface area contributed by atoms with Gasteiger partial charge in [0.25, 0.3) is 0 Å². The summed E-state index contributed by atoms with van der Waals surface area (Å²) in [6.45, 7) is 0.555. The molecule has 3 N–H and O–H groups in total. The smallest absolute Gasteiger partial charge is 0.303 e. The van der Waals surface area contributed by atoms with Gasteiger partial charge in [-0.1, -0.05) is 19.3 Å². The third-order valence-electron chi connectivity index (χ3n) is 4.88. The quantitative estimate of drug-likeness (QED) is 0.751. The summed E-state index contributed by atoms with van der Waals surface area (Å²) < 4.78 is 0. The van der Waals surface area contributed by atoms with E-state index in [0.717, 1.165) is 6.42 Å². The van der Waals surface area contributed by atoms with Gasteiger partial charge in [0, 0.05) is 0 Å². The average molecular weight is 211 g/mol. The zero-order valence-electron chi connectivity index (χ0n) is 9.30. The average Bonchev–Trinajstić information content (AvgIpc) is 2.77. The van der Waals surface area contributed by atoms with Crippen LogP contribution in [-0.2, 0) is 4.79 Å². The molecule has 15 heavy (non-hydrogen) atoms. The van der Waals surface area contributed by atoms with Gasteiger partial charge in [0.1, 0.15) is 0 Å². The molecule has 1 unspecified atom stereocenters. The van der Waals surface area contributed by atoms with Crippen LogP contribution in [0, 0.1) is 10.8 Å². The first-order valence-corrected chi connectivity index (χ1v) is 6.06. The first-order chi connectivity index (χ1) is 7.14. The molecule has 0 amide bonds. The van der Waals surface area contributed by atoms with Crippen LogP contribution < -0.4 is 5.73 Å². The minimum atomic E-state index is -0.673. The molecule has 2 aliphatic rings. The normalized spacial score (nSPS) is 33.7. The molecule has 0 aromatic heterocycles. The van der Waals surface area contributed by atoms with Crippen molar-refractivity contribution in [2.45, 2.75) is 51.4 Å². The van der Waals surface area contributed by atoms with Gasteiger partial charge >= 0.3 is 5.97 Å². The molecule has 0 saturated heterocycles. The van der Waals surface area contributed by atoms with Crippen LogP contribution in [0.4, 0.5) is 0 Å². The monoisotopic (exact) mass is 211 g/mol. The molecular formula is C12H21NO2. The van der Waals surface area contributed by atoms with Crippen LogP contribution in [0.3, 0.4) is 0 Å². The predicted octanol–water partition coefficient (Wildman–Crippen LogP) is 2.15. The molecule has 0 heterocycles. The summed E-state index contributed by atoms with van der Waals surface area (Å²) >= 11 is 0. The Morgan fingerprint density at radius 2 is 1.73 bits per heavy atom. The Hall–Kier alpha value is -0.570. The highest BCUT2D eigenvalue weighted by Gasteiger charge is 2.55. The lowest BCUT2D eigenvalue weighted by atomic mass is 9.62. The van der Waals surface area contributed by atoms with E-state index >= 15 is 0 Å². The third kappa shape index (κ3) is 1.57. The van der Waals surface area contributed by atoms with Crippen molar-refractivity contribution in [2.75, 3.05) is 6.54 Å². The number of hydrogen-bond donors (Lipinski definition) is 2. The molecule has 0 bridgehead atoms.